The van der Waals surface area contributed by atoms with Gasteiger partial charge in [0.05, 0.1) is 12.3 Å². The van der Waals surface area contributed by atoms with Gasteiger partial charge in [-0.05, 0) is 86.5 Å². The zero-order valence-corrected chi connectivity index (χ0v) is 18.8. The lowest BCUT2D eigenvalue weighted by Gasteiger charge is -2.10. The van der Waals surface area contributed by atoms with E-state index in [1.165, 1.54) is 0 Å². The Hall–Kier alpha value is -3.58. The van der Waals surface area contributed by atoms with E-state index in [0.717, 1.165) is 28.1 Å². The summed E-state index contributed by atoms with van der Waals surface area (Å²) in [6.07, 6.45) is 0. The zero-order chi connectivity index (χ0) is 22.7. The highest BCUT2D eigenvalue weighted by Gasteiger charge is 2.10. The Morgan fingerprint density at radius 3 is 2.31 bits per heavy atom. The molecule has 0 radical (unpaired) electrons. The van der Waals surface area contributed by atoms with Gasteiger partial charge in [-0.1, -0.05) is 11.6 Å². The van der Waals surface area contributed by atoms with Crippen LogP contribution in [0.5, 0.6) is 11.5 Å². The van der Waals surface area contributed by atoms with Gasteiger partial charge in [0.1, 0.15) is 22.5 Å². The van der Waals surface area contributed by atoms with E-state index >= 15 is 0 Å². The third-order valence-electron chi connectivity index (χ3n) is 4.82. The number of hydrogen-bond acceptors (Lipinski definition) is 5. The Morgan fingerprint density at radius 1 is 0.938 bits per heavy atom. The number of carbonyl (C=O) groups excluding carboxylic acids is 1. The quantitative estimate of drug-likeness (QED) is 0.423. The number of aryl methyl sites for hydroxylation is 2. The van der Waals surface area contributed by atoms with Gasteiger partial charge in [0.2, 0.25) is 0 Å². The molecular formula is C24H23ClN4O3. The fraction of sp³-hybridized carbons (Fsp3) is 0.208. The first kappa shape index (κ1) is 21.6. The van der Waals surface area contributed by atoms with Gasteiger partial charge in [-0.25, -0.2) is 0 Å². The number of anilines is 1. The lowest BCUT2D eigenvalue weighted by atomic mass is 10.1. The van der Waals surface area contributed by atoms with E-state index < -0.39 is 0 Å². The topological polar surface area (TPSA) is 78.3 Å². The summed E-state index contributed by atoms with van der Waals surface area (Å²) >= 11 is 6.17. The monoisotopic (exact) mass is 450 g/mol. The first-order chi connectivity index (χ1) is 15.4. The second kappa shape index (κ2) is 9.28. The van der Waals surface area contributed by atoms with Crippen LogP contribution < -0.4 is 14.8 Å². The second-order valence-electron chi connectivity index (χ2n) is 7.33. The Bertz CT molecular complexity index is 1250. The molecular weight excluding hydrogens is 428 g/mol. The molecule has 0 aliphatic rings. The smallest absolute Gasteiger partial charge is 0.262 e. The van der Waals surface area contributed by atoms with E-state index in [1.54, 1.807) is 16.9 Å². The van der Waals surface area contributed by atoms with E-state index in [2.05, 4.69) is 15.5 Å². The van der Waals surface area contributed by atoms with Crippen LogP contribution in [-0.4, -0.2) is 34.1 Å². The minimum absolute atomic E-state index is 0.114. The van der Waals surface area contributed by atoms with E-state index in [9.17, 15) is 4.79 Å². The molecule has 0 aliphatic carbocycles. The van der Waals surface area contributed by atoms with Crippen LogP contribution in [0.4, 0.5) is 5.69 Å². The van der Waals surface area contributed by atoms with Gasteiger partial charge in [-0.2, -0.15) is 4.80 Å². The molecule has 1 amide bonds. The van der Waals surface area contributed by atoms with Crippen molar-refractivity contribution < 1.29 is 14.3 Å². The number of nitrogens with zero attached hydrogens (tertiary/aromatic N) is 3. The van der Waals surface area contributed by atoms with E-state index in [-0.39, 0.29) is 12.5 Å². The molecule has 32 heavy (non-hydrogen) atoms. The number of benzene rings is 3. The Balaban J connectivity index is 1.43. The van der Waals surface area contributed by atoms with Crippen molar-refractivity contribution in [3.8, 4) is 17.2 Å². The van der Waals surface area contributed by atoms with Crippen LogP contribution in [0.3, 0.4) is 0 Å². The summed E-state index contributed by atoms with van der Waals surface area (Å²) in [7, 11) is 0. The lowest BCUT2D eigenvalue weighted by Crippen LogP contribution is -2.20. The minimum atomic E-state index is -0.270. The summed E-state index contributed by atoms with van der Waals surface area (Å²) in [5.74, 6) is 1.13. The van der Waals surface area contributed by atoms with Crippen LogP contribution in [0, 0.1) is 13.8 Å². The van der Waals surface area contributed by atoms with Crippen molar-refractivity contribution in [2.75, 3.05) is 18.5 Å². The molecule has 0 fully saturated rings. The van der Waals surface area contributed by atoms with Crippen LogP contribution in [0.2, 0.25) is 5.02 Å². The highest BCUT2D eigenvalue weighted by molar-refractivity contribution is 6.32. The molecule has 1 N–H and O–H groups in total. The van der Waals surface area contributed by atoms with Crippen molar-refractivity contribution in [3.63, 3.8) is 0 Å². The number of fused-ring (bicyclic) bond motifs is 1. The van der Waals surface area contributed by atoms with Gasteiger partial charge in [-0.3, -0.25) is 4.79 Å². The van der Waals surface area contributed by atoms with Crippen molar-refractivity contribution in [3.05, 3.63) is 70.7 Å². The number of carbonyl (C=O) groups is 1. The molecule has 4 aromatic rings. The standard InChI is InChI=1S/C24H23ClN4O3/c1-4-31-19-8-6-18(7-9-19)29-27-21-10-5-17(13-22(21)28-29)26-23(30)14-32-20-11-15(2)24(25)16(3)12-20/h5-13H,4,14H2,1-3H3,(H,26,30). The van der Waals surface area contributed by atoms with E-state index in [0.29, 0.717) is 28.6 Å². The maximum absolute atomic E-state index is 12.4. The summed E-state index contributed by atoms with van der Waals surface area (Å²) in [6, 6.07) is 16.5. The molecule has 8 heteroatoms. The normalized spacial score (nSPS) is 10.9. The molecule has 0 aliphatic heterocycles. The molecule has 0 atom stereocenters. The molecule has 164 valence electrons. The van der Waals surface area contributed by atoms with Crippen molar-refractivity contribution in [1.29, 1.82) is 0 Å². The van der Waals surface area contributed by atoms with Gasteiger partial charge >= 0.3 is 0 Å². The lowest BCUT2D eigenvalue weighted by molar-refractivity contribution is -0.118. The third kappa shape index (κ3) is 4.84. The van der Waals surface area contributed by atoms with Crippen LogP contribution in [0.25, 0.3) is 16.7 Å². The molecule has 4 rings (SSSR count). The third-order valence-corrected chi connectivity index (χ3v) is 5.42. The average molecular weight is 451 g/mol. The van der Waals surface area contributed by atoms with Crippen LogP contribution in [0.1, 0.15) is 18.1 Å². The summed E-state index contributed by atoms with van der Waals surface area (Å²) < 4.78 is 11.1. The van der Waals surface area contributed by atoms with E-state index in [4.69, 9.17) is 21.1 Å². The highest BCUT2D eigenvalue weighted by atomic mass is 35.5. The van der Waals surface area contributed by atoms with Gasteiger partial charge in [-0.15, -0.1) is 10.2 Å². The van der Waals surface area contributed by atoms with Gasteiger partial charge in [0.15, 0.2) is 6.61 Å². The summed E-state index contributed by atoms with van der Waals surface area (Å²) in [4.78, 5) is 13.9. The van der Waals surface area contributed by atoms with Crippen molar-refractivity contribution in [2.24, 2.45) is 0 Å². The van der Waals surface area contributed by atoms with Crippen LogP contribution in [-0.2, 0) is 4.79 Å². The predicted octanol–water partition coefficient (Wildman–Crippen LogP) is 5.11. The van der Waals surface area contributed by atoms with Crippen molar-refractivity contribution in [2.45, 2.75) is 20.8 Å². The van der Waals surface area contributed by atoms with Gasteiger partial charge in [0, 0.05) is 10.7 Å². The molecule has 1 heterocycles. The van der Waals surface area contributed by atoms with Gasteiger partial charge in [0.25, 0.3) is 5.91 Å². The van der Waals surface area contributed by atoms with Crippen molar-refractivity contribution >= 4 is 34.2 Å². The maximum atomic E-state index is 12.4. The average Bonchev–Trinajstić information content (AvgIpc) is 3.20. The summed E-state index contributed by atoms with van der Waals surface area (Å²) in [5.41, 5.74) is 4.64. The molecule has 3 aromatic carbocycles. The molecule has 0 saturated heterocycles. The van der Waals surface area contributed by atoms with Gasteiger partial charge < -0.3 is 14.8 Å². The Morgan fingerprint density at radius 2 is 1.62 bits per heavy atom. The molecule has 7 nitrogen and oxygen atoms in total. The number of rotatable bonds is 7. The predicted molar refractivity (Wildman–Crippen MR) is 125 cm³/mol. The molecule has 0 saturated carbocycles. The first-order valence-electron chi connectivity index (χ1n) is 10.2. The van der Waals surface area contributed by atoms with Crippen molar-refractivity contribution in [1.82, 2.24) is 15.0 Å². The molecule has 0 bridgehead atoms. The highest BCUT2D eigenvalue weighted by Crippen LogP contribution is 2.26. The number of nitrogens with one attached hydrogen (secondary N) is 1. The molecule has 1 aromatic heterocycles. The minimum Gasteiger partial charge on any atom is -0.494 e. The fourth-order valence-corrected chi connectivity index (χ4v) is 3.39. The second-order valence-corrected chi connectivity index (χ2v) is 7.71. The number of amides is 1. The summed E-state index contributed by atoms with van der Waals surface area (Å²) in [6.45, 7) is 6.24. The Labute approximate surface area is 190 Å². The first-order valence-corrected chi connectivity index (χ1v) is 10.6. The fourth-order valence-electron chi connectivity index (χ4n) is 3.29. The SMILES string of the molecule is CCOc1ccc(-n2nc3ccc(NC(=O)COc4cc(C)c(Cl)c(C)c4)cc3n2)cc1. The summed E-state index contributed by atoms with van der Waals surface area (Å²) in [5, 5.41) is 12.5. The van der Waals surface area contributed by atoms with Crippen LogP contribution >= 0.6 is 11.6 Å². The number of halogens is 1. The number of aromatic nitrogens is 3. The molecule has 0 spiro atoms. The van der Waals surface area contributed by atoms with E-state index in [1.807, 2.05) is 63.2 Å². The number of hydrogen-bond donors (Lipinski definition) is 1. The zero-order valence-electron chi connectivity index (χ0n) is 18.1. The molecule has 0 unspecified atom stereocenters. The largest absolute Gasteiger partial charge is 0.494 e. The van der Waals surface area contributed by atoms with Crippen LogP contribution in [0.15, 0.2) is 54.6 Å². The Kier molecular flexibility index (Phi) is 6.28. The maximum Gasteiger partial charge on any atom is 0.262 e. The number of ether oxygens (including phenoxy) is 2.